The molecule has 144 valence electrons. The Morgan fingerprint density at radius 3 is 1.74 bits per heavy atom. The van der Waals surface area contributed by atoms with Gasteiger partial charge in [-0.3, -0.25) is 0 Å². The Morgan fingerprint density at radius 2 is 1.26 bits per heavy atom. The number of fused-ring (bicyclic) bond motifs is 1. The number of hydrogen-bond donors (Lipinski definition) is 0. The largest absolute Gasteiger partial charge is 1.00 e. The molecule has 0 heterocycles. The molecule has 0 amide bonds. The van der Waals surface area contributed by atoms with Crippen LogP contribution in [0.25, 0.3) is 10.8 Å². The number of hydrogen-bond acceptors (Lipinski definition) is 3. The van der Waals surface area contributed by atoms with E-state index in [1.807, 2.05) is 0 Å². The second-order valence-electron chi connectivity index (χ2n) is 7.21. The molecule has 0 aliphatic carbocycles. The van der Waals surface area contributed by atoms with Crippen LogP contribution in [0.2, 0.25) is 0 Å². The molecule has 0 saturated carbocycles. The van der Waals surface area contributed by atoms with Crippen LogP contribution >= 0.6 is 0 Å². The van der Waals surface area contributed by atoms with Gasteiger partial charge in [-0.1, -0.05) is 70.6 Å². The minimum Gasteiger partial charge on any atom is -0.744 e. The van der Waals surface area contributed by atoms with Gasteiger partial charge in [-0.25, -0.2) is 8.42 Å². The molecule has 2 aromatic carbocycles. The van der Waals surface area contributed by atoms with Gasteiger partial charge in [0.25, 0.3) is 0 Å². The molecule has 0 saturated heterocycles. The summed E-state index contributed by atoms with van der Waals surface area (Å²) in [4.78, 5) is -0.141. The van der Waals surface area contributed by atoms with Crippen molar-refractivity contribution in [2.75, 3.05) is 0 Å². The first kappa shape index (κ1) is 25.3. The van der Waals surface area contributed by atoms with Gasteiger partial charge in [0, 0.05) is 0 Å². The van der Waals surface area contributed by atoms with E-state index in [1.54, 1.807) is 6.07 Å². The number of rotatable bonds is 11. The van der Waals surface area contributed by atoms with Gasteiger partial charge in [0.15, 0.2) is 0 Å². The zero-order valence-electron chi connectivity index (χ0n) is 17.1. The van der Waals surface area contributed by atoms with E-state index in [0.717, 1.165) is 30.0 Å². The molecule has 0 radical (unpaired) electrons. The molecular weight excluding hydrogens is 383 g/mol. The summed E-state index contributed by atoms with van der Waals surface area (Å²) in [6.45, 7) is 4.43. The number of aryl methyl sites for hydroxylation is 2. The molecular formula is C22H31KO3S. The summed E-state index contributed by atoms with van der Waals surface area (Å²) in [5, 5.41) is 1.87. The first-order valence-corrected chi connectivity index (χ1v) is 11.4. The van der Waals surface area contributed by atoms with Gasteiger partial charge >= 0.3 is 51.4 Å². The quantitative estimate of drug-likeness (QED) is 0.323. The molecule has 0 N–H and O–H groups in total. The van der Waals surface area contributed by atoms with Gasteiger partial charge in [0.2, 0.25) is 0 Å². The van der Waals surface area contributed by atoms with E-state index in [9.17, 15) is 13.0 Å². The summed E-state index contributed by atoms with van der Waals surface area (Å²) in [5.74, 6) is 0. The second kappa shape index (κ2) is 12.7. The molecule has 0 bridgehead atoms. The van der Waals surface area contributed by atoms with E-state index in [0.29, 0.717) is 0 Å². The maximum atomic E-state index is 11.3. The van der Waals surface area contributed by atoms with Crippen molar-refractivity contribution < 1.29 is 64.4 Å². The molecule has 2 rings (SSSR count). The van der Waals surface area contributed by atoms with E-state index < -0.39 is 10.1 Å². The Balaban J connectivity index is 0.00000364. The molecule has 27 heavy (non-hydrogen) atoms. The first-order valence-electron chi connectivity index (χ1n) is 9.97. The average Bonchev–Trinajstić information content (AvgIpc) is 2.61. The fraction of sp³-hybridized carbons (Fsp3) is 0.545. The van der Waals surface area contributed by atoms with Crippen molar-refractivity contribution in [2.45, 2.75) is 83.0 Å². The predicted molar refractivity (Wildman–Crippen MR) is 108 cm³/mol. The summed E-state index contributed by atoms with van der Waals surface area (Å²) >= 11 is 0. The Morgan fingerprint density at radius 1 is 0.741 bits per heavy atom. The molecule has 0 unspecified atom stereocenters. The van der Waals surface area contributed by atoms with Gasteiger partial charge in [0.1, 0.15) is 10.1 Å². The number of benzene rings is 2. The van der Waals surface area contributed by atoms with Crippen LogP contribution in [-0.4, -0.2) is 13.0 Å². The Hall–Kier alpha value is 0.246. The molecule has 3 nitrogen and oxygen atoms in total. The fourth-order valence-corrected chi connectivity index (χ4v) is 3.98. The molecule has 0 atom stereocenters. The van der Waals surface area contributed by atoms with Gasteiger partial charge in [0.05, 0.1) is 4.90 Å². The van der Waals surface area contributed by atoms with Gasteiger partial charge in [-0.15, -0.1) is 0 Å². The van der Waals surface area contributed by atoms with Crippen LogP contribution in [0.15, 0.2) is 35.2 Å². The van der Waals surface area contributed by atoms with Gasteiger partial charge in [-0.2, -0.15) is 0 Å². The smallest absolute Gasteiger partial charge is 0.744 e. The van der Waals surface area contributed by atoms with Crippen LogP contribution in [0.4, 0.5) is 0 Å². The standard InChI is InChI=1S/C22H32O3S.K/c1-3-5-7-9-11-18-15-20-13-14-22(26(23,24)25)17-21(20)16-19(18)12-10-8-6-4-2;/h13-17H,3-12H2,1-2H3,(H,23,24,25);/q;+1/p-1. The minimum atomic E-state index is -4.41. The molecule has 0 aromatic heterocycles. The Kier molecular flexibility index (Phi) is 11.9. The summed E-state index contributed by atoms with van der Waals surface area (Å²) in [6.07, 6.45) is 11.9. The molecule has 0 fully saturated rings. The van der Waals surface area contributed by atoms with E-state index in [1.165, 1.54) is 68.2 Å². The van der Waals surface area contributed by atoms with Crippen LogP contribution in [0.3, 0.4) is 0 Å². The van der Waals surface area contributed by atoms with Crippen LogP contribution in [0.5, 0.6) is 0 Å². The zero-order valence-corrected chi connectivity index (χ0v) is 21.0. The van der Waals surface area contributed by atoms with Crippen molar-refractivity contribution >= 4 is 20.9 Å². The third-order valence-corrected chi connectivity index (χ3v) is 5.85. The van der Waals surface area contributed by atoms with E-state index in [-0.39, 0.29) is 56.3 Å². The van der Waals surface area contributed by atoms with Crippen LogP contribution in [0, 0.1) is 0 Å². The number of unbranched alkanes of at least 4 members (excludes halogenated alkanes) is 6. The average molecular weight is 415 g/mol. The van der Waals surface area contributed by atoms with E-state index in [4.69, 9.17) is 0 Å². The Labute approximate surface area is 207 Å². The van der Waals surface area contributed by atoms with E-state index in [2.05, 4.69) is 26.0 Å². The SMILES string of the molecule is CCCCCCc1cc2ccc(S(=O)(=O)[O-])cc2cc1CCCCCC.[K+]. The summed E-state index contributed by atoms with van der Waals surface area (Å²) in [7, 11) is -4.41. The second-order valence-corrected chi connectivity index (χ2v) is 8.58. The van der Waals surface area contributed by atoms with Crippen molar-refractivity contribution in [3.63, 3.8) is 0 Å². The van der Waals surface area contributed by atoms with Crippen molar-refractivity contribution in [2.24, 2.45) is 0 Å². The van der Waals surface area contributed by atoms with Crippen molar-refractivity contribution in [3.05, 3.63) is 41.5 Å². The summed E-state index contributed by atoms with van der Waals surface area (Å²) in [6, 6.07) is 9.00. The third kappa shape index (κ3) is 8.25. The van der Waals surface area contributed by atoms with Gasteiger partial charge < -0.3 is 4.55 Å². The molecule has 2 aromatic rings. The van der Waals surface area contributed by atoms with Crippen LogP contribution < -0.4 is 51.4 Å². The van der Waals surface area contributed by atoms with Crippen LogP contribution in [-0.2, 0) is 23.0 Å². The first-order chi connectivity index (χ1) is 12.5. The van der Waals surface area contributed by atoms with Crippen LogP contribution in [0.1, 0.15) is 76.3 Å². The van der Waals surface area contributed by atoms with Crippen molar-refractivity contribution in [1.29, 1.82) is 0 Å². The van der Waals surface area contributed by atoms with Crippen molar-refractivity contribution in [1.82, 2.24) is 0 Å². The molecule has 5 heteroatoms. The van der Waals surface area contributed by atoms with Crippen molar-refractivity contribution in [3.8, 4) is 0 Å². The monoisotopic (exact) mass is 414 g/mol. The maximum absolute atomic E-state index is 11.3. The summed E-state index contributed by atoms with van der Waals surface area (Å²) in [5.41, 5.74) is 2.69. The fourth-order valence-electron chi connectivity index (χ4n) is 3.48. The van der Waals surface area contributed by atoms with Gasteiger partial charge in [-0.05, 0) is 59.7 Å². The maximum Gasteiger partial charge on any atom is 1.00 e. The zero-order chi connectivity index (χ0) is 19.0. The summed E-state index contributed by atoms with van der Waals surface area (Å²) < 4.78 is 34.0. The topological polar surface area (TPSA) is 57.2 Å². The normalized spacial score (nSPS) is 11.5. The molecule has 0 spiro atoms. The Bertz CT molecular complexity index is 816. The predicted octanol–water partition coefficient (Wildman–Crippen LogP) is 2.99. The molecule has 0 aliphatic rings. The van der Waals surface area contributed by atoms with E-state index >= 15 is 0 Å². The third-order valence-electron chi connectivity index (χ3n) is 5.02. The minimum absolute atomic E-state index is 0. The molecule has 0 aliphatic heterocycles.